The number of carbonyl (C=O) groups excluding carboxylic acids is 1. The molecular weight excluding hydrogens is 304 g/mol. The summed E-state index contributed by atoms with van der Waals surface area (Å²) in [5.41, 5.74) is 0.757. The van der Waals surface area contributed by atoms with Crippen molar-refractivity contribution in [1.82, 2.24) is 10.6 Å². The van der Waals surface area contributed by atoms with Crippen molar-refractivity contribution in [2.45, 2.75) is 44.7 Å². The molecule has 0 aromatic heterocycles. The smallest absolute Gasteiger partial charge is 0.240 e. The van der Waals surface area contributed by atoms with Crippen LogP contribution in [-0.2, 0) is 4.79 Å². The Hall–Kier alpha value is -0.870. The van der Waals surface area contributed by atoms with E-state index in [-0.39, 0.29) is 17.5 Å². The molecule has 2 atom stereocenters. The summed E-state index contributed by atoms with van der Waals surface area (Å²) < 4.78 is 1.04. The predicted octanol–water partition coefficient (Wildman–Crippen LogP) is 3.16. The maximum absolute atomic E-state index is 12.5. The highest BCUT2D eigenvalue weighted by Crippen LogP contribution is 2.25. The van der Waals surface area contributed by atoms with E-state index >= 15 is 0 Å². The first-order chi connectivity index (χ1) is 9.07. The van der Waals surface area contributed by atoms with Gasteiger partial charge >= 0.3 is 0 Å². The molecule has 0 saturated carbocycles. The van der Waals surface area contributed by atoms with Crippen LogP contribution < -0.4 is 10.6 Å². The van der Waals surface area contributed by atoms with Crippen LogP contribution in [0.2, 0.25) is 0 Å². The summed E-state index contributed by atoms with van der Waals surface area (Å²) in [6.07, 6.45) is 2.84. The van der Waals surface area contributed by atoms with Crippen LogP contribution in [0.3, 0.4) is 0 Å². The Bertz CT molecular complexity index is 455. The fourth-order valence-corrected chi connectivity index (χ4v) is 3.07. The normalized spacial score (nSPS) is 24.2. The Morgan fingerprint density at radius 2 is 2.37 bits per heavy atom. The molecule has 2 rings (SSSR count). The topological polar surface area (TPSA) is 41.1 Å². The van der Waals surface area contributed by atoms with Gasteiger partial charge in [-0.3, -0.25) is 4.79 Å². The molecule has 0 spiro atoms. The van der Waals surface area contributed by atoms with Crippen LogP contribution in [0.1, 0.15) is 44.7 Å². The van der Waals surface area contributed by atoms with E-state index in [4.69, 9.17) is 0 Å². The predicted molar refractivity (Wildman–Crippen MR) is 81.0 cm³/mol. The van der Waals surface area contributed by atoms with Gasteiger partial charge in [0.05, 0.1) is 11.6 Å². The van der Waals surface area contributed by atoms with Gasteiger partial charge in [0.1, 0.15) is 0 Å². The van der Waals surface area contributed by atoms with Crippen LogP contribution in [0.4, 0.5) is 0 Å². The van der Waals surface area contributed by atoms with E-state index in [0.717, 1.165) is 35.8 Å². The fourth-order valence-electron chi connectivity index (χ4n) is 2.66. The number of nitrogens with one attached hydrogen (secondary N) is 2. The zero-order valence-electron chi connectivity index (χ0n) is 11.5. The number of rotatable bonds is 4. The van der Waals surface area contributed by atoms with Gasteiger partial charge in [-0.25, -0.2) is 0 Å². The van der Waals surface area contributed by atoms with Crippen molar-refractivity contribution in [3.05, 3.63) is 34.3 Å². The van der Waals surface area contributed by atoms with Crippen LogP contribution in [0.25, 0.3) is 0 Å². The maximum Gasteiger partial charge on any atom is 0.240 e. The first-order valence-corrected chi connectivity index (χ1v) is 7.68. The van der Waals surface area contributed by atoms with Gasteiger partial charge in [0, 0.05) is 4.47 Å². The second kappa shape index (κ2) is 6.06. The Morgan fingerprint density at radius 1 is 1.58 bits per heavy atom. The number of halogens is 1. The third kappa shape index (κ3) is 3.18. The van der Waals surface area contributed by atoms with Crippen LogP contribution in [0.15, 0.2) is 28.7 Å². The van der Waals surface area contributed by atoms with Gasteiger partial charge in [-0.1, -0.05) is 35.0 Å². The van der Waals surface area contributed by atoms with E-state index in [1.807, 2.05) is 31.2 Å². The highest BCUT2D eigenvalue weighted by Gasteiger charge is 2.39. The first-order valence-electron chi connectivity index (χ1n) is 6.89. The Morgan fingerprint density at radius 3 is 2.95 bits per heavy atom. The van der Waals surface area contributed by atoms with Crippen molar-refractivity contribution in [2.75, 3.05) is 6.54 Å². The van der Waals surface area contributed by atoms with Crippen molar-refractivity contribution < 1.29 is 4.79 Å². The lowest BCUT2D eigenvalue weighted by molar-refractivity contribution is -0.128. The third-order valence-electron chi connectivity index (χ3n) is 3.98. The molecule has 104 valence electrons. The molecule has 0 radical (unpaired) electrons. The summed E-state index contributed by atoms with van der Waals surface area (Å²) in [4.78, 5) is 12.5. The lowest BCUT2D eigenvalue weighted by Gasteiger charge is -2.28. The van der Waals surface area contributed by atoms with Gasteiger partial charge < -0.3 is 10.6 Å². The minimum absolute atomic E-state index is 0.0239. The van der Waals surface area contributed by atoms with E-state index in [2.05, 4.69) is 33.5 Å². The lowest BCUT2D eigenvalue weighted by atomic mass is 9.92. The molecule has 4 heteroatoms. The standard InChI is InChI=1S/C15H21BrN2O/c1-3-15(8-5-9-17-15)14(19)18-11(2)12-6-4-7-13(16)10-12/h4,6-7,10-11,17H,3,5,8-9H2,1-2H3,(H,18,19)/t11-,15?/m0/s1. The molecule has 2 N–H and O–H groups in total. The monoisotopic (exact) mass is 324 g/mol. The summed E-state index contributed by atoms with van der Waals surface area (Å²) in [7, 11) is 0. The van der Waals surface area contributed by atoms with Crippen molar-refractivity contribution in [3.63, 3.8) is 0 Å². The van der Waals surface area contributed by atoms with E-state index in [9.17, 15) is 4.79 Å². The summed E-state index contributed by atoms with van der Waals surface area (Å²) in [5.74, 6) is 0.125. The Balaban J connectivity index is 2.06. The molecule has 0 bridgehead atoms. The molecule has 19 heavy (non-hydrogen) atoms. The largest absolute Gasteiger partial charge is 0.348 e. The van der Waals surface area contributed by atoms with E-state index in [1.165, 1.54) is 0 Å². The van der Waals surface area contributed by atoms with Crippen molar-refractivity contribution >= 4 is 21.8 Å². The van der Waals surface area contributed by atoms with Crippen LogP contribution in [-0.4, -0.2) is 18.0 Å². The molecule has 1 aromatic rings. The SMILES string of the molecule is CCC1(C(=O)N[C@@H](C)c2cccc(Br)c2)CCCN1. The van der Waals surface area contributed by atoms with Crippen LogP contribution in [0, 0.1) is 0 Å². The van der Waals surface area contributed by atoms with Crippen LogP contribution >= 0.6 is 15.9 Å². The summed E-state index contributed by atoms with van der Waals surface area (Å²) in [6.45, 7) is 5.03. The summed E-state index contributed by atoms with van der Waals surface area (Å²) >= 11 is 3.46. The number of hydrogen-bond donors (Lipinski definition) is 2. The van der Waals surface area contributed by atoms with E-state index < -0.39 is 0 Å². The van der Waals surface area contributed by atoms with Crippen molar-refractivity contribution in [3.8, 4) is 0 Å². The highest BCUT2D eigenvalue weighted by molar-refractivity contribution is 9.10. The minimum atomic E-state index is -0.361. The first kappa shape index (κ1) is 14.5. The Kier molecular flexibility index (Phi) is 4.63. The van der Waals surface area contributed by atoms with Crippen molar-refractivity contribution in [2.24, 2.45) is 0 Å². The quantitative estimate of drug-likeness (QED) is 0.893. The van der Waals surface area contributed by atoms with Gasteiger partial charge in [0.2, 0.25) is 5.91 Å². The zero-order valence-corrected chi connectivity index (χ0v) is 13.1. The second-order valence-electron chi connectivity index (χ2n) is 5.22. The molecule has 1 unspecified atom stereocenters. The average Bonchev–Trinajstić information content (AvgIpc) is 2.88. The van der Waals surface area contributed by atoms with Crippen LogP contribution in [0.5, 0.6) is 0 Å². The highest BCUT2D eigenvalue weighted by atomic mass is 79.9. The molecule has 1 fully saturated rings. The summed E-state index contributed by atoms with van der Waals surface area (Å²) in [6, 6.07) is 8.09. The molecule has 1 aliphatic rings. The zero-order chi connectivity index (χ0) is 13.9. The molecule has 3 nitrogen and oxygen atoms in total. The molecule has 1 heterocycles. The maximum atomic E-state index is 12.5. The average molecular weight is 325 g/mol. The van der Waals surface area contributed by atoms with Gasteiger partial charge in [0.15, 0.2) is 0 Å². The fraction of sp³-hybridized carbons (Fsp3) is 0.533. The van der Waals surface area contributed by atoms with Crippen molar-refractivity contribution in [1.29, 1.82) is 0 Å². The lowest BCUT2D eigenvalue weighted by Crippen LogP contribution is -2.53. The summed E-state index contributed by atoms with van der Waals surface area (Å²) in [5, 5.41) is 6.50. The van der Waals surface area contributed by atoms with Gasteiger partial charge in [-0.2, -0.15) is 0 Å². The van der Waals surface area contributed by atoms with E-state index in [1.54, 1.807) is 0 Å². The van der Waals surface area contributed by atoms with E-state index in [0.29, 0.717) is 0 Å². The number of benzene rings is 1. The minimum Gasteiger partial charge on any atom is -0.348 e. The number of hydrogen-bond acceptors (Lipinski definition) is 2. The third-order valence-corrected chi connectivity index (χ3v) is 4.47. The molecular formula is C15H21BrN2O. The molecule has 1 saturated heterocycles. The van der Waals surface area contributed by atoms with Gasteiger partial charge in [0.25, 0.3) is 0 Å². The number of amides is 1. The second-order valence-corrected chi connectivity index (χ2v) is 6.13. The molecule has 1 aliphatic heterocycles. The van der Waals surface area contributed by atoms with Gasteiger partial charge in [-0.15, -0.1) is 0 Å². The number of carbonyl (C=O) groups is 1. The molecule has 0 aliphatic carbocycles. The Labute approximate surface area is 123 Å². The van der Waals surface area contributed by atoms with Gasteiger partial charge in [-0.05, 0) is 50.4 Å². The molecule has 1 amide bonds. The molecule has 1 aromatic carbocycles.